The van der Waals surface area contributed by atoms with Crippen LogP contribution in [0.1, 0.15) is 42.9 Å². The number of sulfonamides is 1. The number of nitrogens with two attached hydrogens (primary N) is 1. The minimum absolute atomic E-state index is 0.145. The molecule has 180 valence electrons. The topological polar surface area (TPSA) is 95.7 Å². The summed E-state index contributed by atoms with van der Waals surface area (Å²) in [6, 6.07) is 10.1. The van der Waals surface area contributed by atoms with Gasteiger partial charge in [0.15, 0.2) is 0 Å². The van der Waals surface area contributed by atoms with Crippen molar-refractivity contribution in [3.05, 3.63) is 57.6 Å². The average molecular weight is 513 g/mol. The first-order chi connectivity index (χ1) is 15.5. The van der Waals surface area contributed by atoms with Crippen molar-refractivity contribution in [1.82, 2.24) is 10.2 Å². The summed E-state index contributed by atoms with van der Waals surface area (Å²) in [6.07, 6.45) is 3.38. The average Bonchev–Trinajstić information content (AvgIpc) is 3.26. The maximum absolute atomic E-state index is 13.2. The van der Waals surface area contributed by atoms with Gasteiger partial charge in [-0.25, -0.2) is 8.42 Å². The summed E-state index contributed by atoms with van der Waals surface area (Å²) in [6.45, 7) is 4.40. The van der Waals surface area contributed by atoms with E-state index in [2.05, 4.69) is 10.2 Å². The summed E-state index contributed by atoms with van der Waals surface area (Å²) < 4.78 is 25.0. The molecule has 1 saturated heterocycles. The highest BCUT2D eigenvalue weighted by molar-refractivity contribution is 7.92. The zero-order valence-electron chi connectivity index (χ0n) is 19.0. The number of nitrogens with one attached hydrogen (secondary N) is 1. The summed E-state index contributed by atoms with van der Waals surface area (Å²) in [4.78, 5) is 15.5. The van der Waals surface area contributed by atoms with Crippen LogP contribution < -0.4 is 15.4 Å². The van der Waals surface area contributed by atoms with Crippen LogP contribution in [-0.2, 0) is 14.8 Å². The molecule has 0 aliphatic carbocycles. The quantitative estimate of drug-likeness (QED) is 0.520. The molecular weight excluding hydrogens is 483 g/mol. The van der Waals surface area contributed by atoms with Crippen LogP contribution in [-0.4, -0.2) is 52.2 Å². The van der Waals surface area contributed by atoms with E-state index in [1.165, 1.54) is 7.05 Å². The Morgan fingerprint density at radius 1 is 1.12 bits per heavy atom. The molecule has 0 spiro atoms. The second-order valence-electron chi connectivity index (χ2n) is 8.51. The van der Waals surface area contributed by atoms with Crippen LogP contribution in [0.3, 0.4) is 0 Å². The molecule has 1 amide bonds. The number of rotatable bonds is 8. The third-order valence-corrected chi connectivity index (χ3v) is 8.01. The zero-order valence-corrected chi connectivity index (χ0v) is 21.3. The number of amides is 1. The number of likely N-dealkylation sites (tertiary alicyclic amines) is 1. The normalized spacial score (nSPS) is 16.4. The van der Waals surface area contributed by atoms with Gasteiger partial charge in [-0.15, -0.1) is 0 Å². The van der Waals surface area contributed by atoms with Crippen LogP contribution in [0.5, 0.6) is 0 Å². The molecule has 33 heavy (non-hydrogen) atoms. The predicted octanol–water partition coefficient (Wildman–Crippen LogP) is 4.03. The van der Waals surface area contributed by atoms with Crippen molar-refractivity contribution in [2.45, 2.75) is 31.7 Å². The first-order valence-electron chi connectivity index (χ1n) is 10.8. The molecule has 0 bridgehead atoms. The van der Waals surface area contributed by atoms with E-state index in [0.717, 1.165) is 47.6 Å². The minimum atomic E-state index is -3.44. The summed E-state index contributed by atoms with van der Waals surface area (Å²) in [5.41, 5.74) is 8.54. The van der Waals surface area contributed by atoms with Crippen LogP contribution in [0.15, 0.2) is 36.4 Å². The lowest BCUT2D eigenvalue weighted by Gasteiger charge is -2.27. The van der Waals surface area contributed by atoms with Crippen LogP contribution >= 0.6 is 23.2 Å². The van der Waals surface area contributed by atoms with Gasteiger partial charge in [-0.2, -0.15) is 0 Å². The molecule has 1 aliphatic rings. The summed E-state index contributed by atoms with van der Waals surface area (Å²) in [5.74, 6) is -0.581. The van der Waals surface area contributed by atoms with E-state index in [-0.39, 0.29) is 11.9 Å². The van der Waals surface area contributed by atoms with Crippen LogP contribution in [0.25, 0.3) is 0 Å². The van der Waals surface area contributed by atoms with Crippen LogP contribution in [0, 0.1) is 0 Å². The number of nitrogens with zero attached hydrogens (tertiary/aromatic N) is 2. The number of hydrogen-bond acceptors (Lipinski definition) is 5. The lowest BCUT2D eigenvalue weighted by atomic mass is 9.98. The van der Waals surface area contributed by atoms with Crippen molar-refractivity contribution < 1.29 is 13.2 Å². The summed E-state index contributed by atoms with van der Waals surface area (Å²) in [5, 5.41) is 4.00. The molecule has 1 heterocycles. The first kappa shape index (κ1) is 25.6. The van der Waals surface area contributed by atoms with Crippen LogP contribution in [0.4, 0.5) is 11.4 Å². The number of anilines is 2. The van der Waals surface area contributed by atoms with Gasteiger partial charge in [0.1, 0.15) is 0 Å². The van der Waals surface area contributed by atoms with Crippen molar-refractivity contribution in [2.24, 2.45) is 0 Å². The third kappa shape index (κ3) is 6.32. The Morgan fingerprint density at radius 3 is 2.33 bits per heavy atom. The van der Waals surface area contributed by atoms with Gasteiger partial charge in [-0.3, -0.25) is 9.10 Å². The second kappa shape index (κ2) is 10.5. The van der Waals surface area contributed by atoms with E-state index < -0.39 is 15.9 Å². The van der Waals surface area contributed by atoms with Crippen molar-refractivity contribution in [3.63, 3.8) is 0 Å². The molecule has 3 N–H and O–H groups in total. The Morgan fingerprint density at radius 2 is 1.76 bits per heavy atom. The van der Waals surface area contributed by atoms with E-state index in [4.69, 9.17) is 28.9 Å². The van der Waals surface area contributed by atoms with E-state index >= 15 is 0 Å². The molecule has 0 saturated carbocycles. The monoisotopic (exact) mass is 512 g/mol. The van der Waals surface area contributed by atoms with Crippen molar-refractivity contribution in [2.75, 3.05) is 43.0 Å². The fraction of sp³-hybridized carbons (Fsp3) is 0.435. The molecule has 1 fully saturated rings. The zero-order chi connectivity index (χ0) is 24.3. The van der Waals surface area contributed by atoms with Gasteiger partial charge < -0.3 is 16.0 Å². The highest BCUT2D eigenvalue weighted by atomic mass is 35.5. The molecule has 0 aromatic heterocycles. The van der Waals surface area contributed by atoms with E-state index in [9.17, 15) is 13.2 Å². The highest BCUT2D eigenvalue weighted by Crippen LogP contribution is 2.30. The van der Waals surface area contributed by atoms with E-state index in [0.29, 0.717) is 28.0 Å². The third-order valence-electron chi connectivity index (χ3n) is 6.08. The van der Waals surface area contributed by atoms with Gasteiger partial charge in [-0.1, -0.05) is 35.3 Å². The van der Waals surface area contributed by atoms with Crippen molar-refractivity contribution >= 4 is 50.5 Å². The maximum atomic E-state index is 13.2. The van der Waals surface area contributed by atoms with E-state index in [1.54, 1.807) is 30.3 Å². The van der Waals surface area contributed by atoms with Gasteiger partial charge in [-0.05, 0) is 68.2 Å². The van der Waals surface area contributed by atoms with Gasteiger partial charge in [0, 0.05) is 13.6 Å². The van der Waals surface area contributed by atoms with Gasteiger partial charge >= 0.3 is 0 Å². The highest BCUT2D eigenvalue weighted by Gasteiger charge is 2.25. The van der Waals surface area contributed by atoms with Gasteiger partial charge in [0.05, 0.1) is 39.6 Å². The number of carbonyl (C=O) groups is 1. The largest absolute Gasteiger partial charge is 0.397 e. The smallest absolute Gasteiger partial charge is 0.232 e. The Bertz CT molecular complexity index is 1120. The minimum Gasteiger partial charge on any atom is -0.397 e. The van der Waals surface area contributed by atoms with Crippen LogP contribution in [0.2, 0.25) is 10.0 Å². The fourth-order valence-electron chi connectivity index (χ4n) is 3.94. The number of nitrogen functional groups attached to an aromatic ring is 1. The van der Waals surface area contributed by atoms with Gasteiger partial charge in [0.25, 0.3) is 0 Å². The summed E-state index contributed by atoms with van der Waals surface area (Å²) in [7, 11) is -1.98. The molecule has 3 rings (SSSR count). The fourth-order valence-corrected chi connectivity index (χ4v) is 4.77. The molecule has 2 unspecified atom stereocenters. The van der Waals surface area contributed by atoms with Gasteiger partial charge in [0.2, 0.25) is 15.9 Å². The Labute approximate surface area is 205 Å². The Kier molecular flexibility index (Phi) is 8.16. The molecule has 2 aromatic carbocycles. The molecule has 7 nitrogen and oxygen atoms in total. The molecular formula is C23H30Cl2N4O3S. The number of halogens is 2. The van der Waals surface area contributed by atoms with E-state index in [1.807, 2.05) is 13.0 Å². The second-order valence-corrected chi connectivity index (χ2v) is 11.3. The van der Waals surface area contributed by atoms with Crippen molar-refractivity contribution in [3.8, 4) is 0 Å². The molecule has 2 atom stereocenters. The number of benzene rings is 2. The standard InChI is InChI=1S/C23H30Cl2N4O3S/c1-15(16-6-8-18(24)19(25)12-16)23(30)27-21(14-29-10-4-5-11-29)17-7-9-22(20(26)13-17)28(2)33(3,31)32/h6-9,12-13,15,21H,4-5,10-11,14,26H2,1-3H3,(H,27,30). The summed E-state index contributed by atoms with van der Waals surface area (Å²) >= 11 is 12.1. The lowest BCUT2D eigenvalue weighted by Crippen LogP contribution is -2.38. The predicted molar refractivity (Wildman–Crippen MR) is 136 cm³/mol. The molecule has 0 radical (unpaired) electrons. The number of hydrogen-bond donors (Lipinski definition) is 2. The molecule has 10 heteroatoms. The maximum Gasteiger partial charge on any atom is 0.232 e. The molecule has 1 aliphatic heterocycles. The lowest BCUT2D eigenvalue weighted by molar-refractivity contribution is -0.123. The molecule has 2 aromatic rings. The number of carbonyl (C=O) groups excluding carboxylic acids is 1. The first-order valence-corrected chi connectivity index (χ1v) is 13.4. The van der Waals surface area contributed by atoms with Crippen molar-refractivity contribution in [1.29, 1.82) is 0 Å². The SMILES string of the molecule is CC(C(=O)NC(CN1CCCC1)c1ccc(N(C)S(C)(=O)=O)c(N)c1)c1ccc(Cl)c(Cl)c1. The Balaban J connectivity index is 1.86. The Hall–Kier alpha value is -2.00.